The predicted molar refractivity (Wildman–Crippen MR) is 110 cm³/mol. The molecule has 1 heterocycles. The molecule has 7 heteroatoms. The van der Waals surface area contributed by atoms with E-state index >= 15 is 0 Å². The minimum Gasteiger partial charge on any atom is -0.450 e. The van der Waals surface area contributed by atoms with Gasteiger partial charge in [-0.25, -0.2) is 4.79 Å². The first kappa shape index (κ1) is 20.1. The molecule has 0 fully saturated rings. The van der Waals surface area contributed by atoms with E-state index in [0.717, 1.165) is 24.7 Å². The van der Waals surface area contributed by atoms with Crippen molar-refractivity contribution in [3.8, 4) is 0 Å². The van der Waals surface area contributed by atoms with Crippen LogP contribution in [0.1, 0.15) is 17.0 Å². The number of amides is 1. The number of nitrogens with zero attached hydrogens (tertiary/aromatic N) is 1. The van der Waals surface area contributed by atoms with Crippen LogP contribution in [0.5, 0.6) is 0 Å². The molecule has 3 aromatic rings. The highest BCUT2D eigenvalue weighted by atomic mass is 16.5. The number of carbonyl (C=O) groups excluding carboxylic acids is 2. The molecule has 3 rings (SSSR count). The van der Waals surface area contributed by atoms with E-state index in [0.29, 0.717) is 17.5 Å². The molecule has 0 spiro atoms. The fourth-order valence-electron chi connectivity index (χ4n) is 2.81. The minimum atomic E-state index is -0.855. The molecule has 0 aliphatic heterocycles. The maximum absolute atomic E-state index is 12.1. The molecule has 0 unspecified atom stereocenters. The number of nitrogens with one attached hydrogen (secondary N) is 1. The molecular weight excluding hydrogens is 372 g/mol. The SMILES string of the molecule is CN(CCCNC(=O)COC(=O)c1cc(=O)c2ccccc2o1)c1ccccc1. The first-order valence-electron chi connectivity index (χ1n) is 9.27. The summed E-state index contributed by atoms with van der Waals surface area (Å²) in [5.74, 6) is -1.50. The number of para-hydroxylation sites is 2. The second-order valence-electron chi connectivity index (χ2n) is 6.51. The van der Waals surface area contributed by atoms with E-state index < -0.39 is 18.5 Å². The summed E-state index contributed by atoms with van der Waals surface area (Å²) < 4.78 is 10.3. The molecule has 0 aliphatic rings. The summed E-state index contributed by atoms with van der Waals surface area (Å²) in [5.41, 5.74) is 1.05. The van der Waals surface area contributed by atoms with Crippen LogP contribution in [0, 0.1) is 0 Å². The van der Waals surface area contributed by atoms with Crippen molar-refractivity contribution in [3.05, 3.63) is 76.6 Å². The van der Waals surface area contributed by atoms with E-state index in [1.807, 2.05) is 37.4 Å². The number of fused-ring (bicyclic) bond motifs is 1. The Morgan fingerprint density at radius 3 is 2.59 bits per heavy atom. The van der Waals surface area contributed by atoms with Crippen LogP contribution < -0.4 is 15.6 Å². The van der Waals surface area contributed by atoms with Gasteiger partial charge in [0.1, 0.15) is 5.58 Å². The van der Waals surface area contributed by atoms with Crippen molar-refractivity contribution in [2.45, 2.75) is 6.42 Å². The van der Waals surface area contributed by atoms with Gasteiger partial charge < -0.3 is 19.4 Å². The minimum absolute atomic E-state index is 0.231. The van der Waals surface area contributed by atoms with E-state index in [4.69, 9.17) is 9.15 Å². The van der Waals surface area contributed by atoms with E-state index in [9.17, 15) is 14.4 Å². The molecule has 0 saturated heterocycles. The summed E-state index contributed by atoms with van der Waals surface area (Å²) in [7, 11) is 1.98. The maximum Gasteiger partial charge on any atom is 0.374 e. The van der Waals surface area contributed by atoms with Crippen LogP contribution in [0.15, 0.2) is 69.9 Å². The molecule has 0 saturated carbocycles. The number of carbonyl (C=O) groups is 2. The second kappa shape index (κ2) is 9.54. The monoisotopic (exact) mass is 394 g/mol. The van der Waals surface area contributed by atoms with E-state index in [-0.39, 0.29) is 11.2 Å². The molecule has 2 aromatic carbocycles. The van der Waals surface area contributed by atoms with Gasteiger partial charge in [0.2, 0.25) is 5.76 Å². The first-order chi connectivity index (χ1) is 14.0. The molecule has 1 N–H and O–H groups in total. The van der Waals surface area contributed by atoms with E-state index in [2.05, 4.69) is 10.2 Å². The van der Waals surface area contributed by atoms with Crippen LogP contribution in [0.3, 0.4) is 0 Å². The number of hydrogen-bond donors (Lipinski definition) is 1. The molecule has 29 heavy (non-hydrogen) atoms. The average molecular weight is 394 g/mol. The Bertz CT molecular complexity index is 1050. The second-order valence-corrected chi connectivity index (χ2v) is 6.51. The highest BCUT2D eigenvalue weighted by molar-refractivity contribution is 5.90. The summed E-state index contributed by atoms with van der Waals surface area (Å²) in [4.78, 5) is 38.1. The lowest BCUT2D eigenvalue weighted by Gasteiger charge is -2.19. The third kappa shape index (κ3) is 5.44. The molecular formula is C22H22N2O5. The van der Waals surface area contributed by atoms with Gasteiger partial charge in [-0.1, -0.05) is 30.3 Å². The average Bonchev–Trinajstić information content (AvgIpc) is 2.75. The Balaban J connectivity index is 1.42. The van der Waals surface area contributed by atoms with Crippen LogP contribution >= 0.6 is 0 Å². The summed E-state index contributed by atoms with van der Waals surface area (Å²) >= 11 is 0. The molecule has 0 aliphatic carbocycles. The number of benzene rings is 2. The zero-order valence-corrected chi connectivity index (χ0v) is 16.1. The maximum atomic E-state index is 12.1. The molecule has 0 radical (unpaired) electrons. The quantitative estimate of drug-likeness (QED) is 0.467. The highest BCUT2D eigenvalue weighted by Gasteiger charge is 2.15. The molecule has 7 nitrogen and oxygen atoms in total. The van der Waals surface area contributed by atoms with Crippen molar-refractivity contribution in [1.82, 2.24) is 5.32 Å². The summed E-state index contributed by atoms with van der Waals surface area (Å²) in [6, 6.07) is 17.6. The first-order valence-corrected chi connectivity index (χ1v) is 9.27. The predicted octanol–water partition coefficient (Wildman–Crippen LogP) is 2.59. The van der Waals surface area contributed by atoms with E-state index in [1.54, 1.807) is 24.3 Å². The molecule has 0 atom stereocenters. The van der Waals surface area contributed by atoms with Gasteiger partial charge in [0.15, 0.2) is 12.0 Å². The number of hydrogen-bond acceptors (Lipinski definition) is 6. The molecule has 1 aromatic heterocycles. The van der Waals surface area contributed by atoms with E-state index in [1.165, 1.54) is 0 Å². The zero-order chi connectivity index (χ0) is 20.6. The Morgan fingerprint density at radius 2 is 1.79 bits per heavy atom. The standard InChI is InChI=1S/C22H22N2O5/c1-24(16-8-3-2-4-9-16)13-7-12-23-21(26)15-28-22(27)20-14-18(25)17-10-5-6-11-19(17)29-20/h2-6,8-11,14H,7,12-13,15H2,1H3,(H,23,26). The van der Waals surface area contributed by atoms with Gasteiger partial charge in [-0.15, -0.1) is 0 Å². The smallest absolute Gasteiger partial charge is 0.374 e. The van der Waals surface area contributed by atoms with Crippen LogP contribution in [-0.2, 0) is 9.53 Å². The lowest BCUT2D eigenvalue weighted by Crippen LogP contribution is -2.31. The van der Waals surface area contributed by atoms with Gasteiger partial charge in [-0.05, 0) is 30.7 Å². The largest absolute Gasteiger partial charge is 0.450 e. The lowest BCUT2D eigenvalue weighted by molar-refractivity contribution is -0.124. The van der Waals surface area contributed by atoms with Crippen LogP contribution in [0.2, 0.25) is 0 Å². The van der Waals surface area contributed by atoms with Crippen LogP contribution in [0.25, 0.3) is 11.0 Å². The fraction of sp³-hybridized carbons (Fsp3) is 0.227. The molecule has 0 bridgehead atoms. The Kier molecular flexibility index (Phi) is 6.63. The number of rotatable bonds is 8. The van der Waals surface area contributed by atoms with Gasteiger partial charge in [0, 0.05) is 31.9 Å². The Hall–Kier alpha value is -3.61. The number of esters is 1. The molecule has 1 amide bonds. The summed E-state index contributed by atoms with van der Waals surface area (Å²) in [6.45, 7) is 0.787. The topological polar surface area (TPSA) is 88.9 Å². The highest BCUT2D eigenvalue weighted by Crippen LogP contribution is 2.12. The van der Waals surface area contributed by atoms with Crippen molar-refractivity contribution < 1.29 is 18.7 Å². The van der Waals surface area contributed by atoms with Gasteiger partial charge in [0.25, 0.3) is 5.91 Å². The normalized spacial score (nSPS) is 10.5. The van der Waals surface area contributed by atoms with Gasteiger partial charge in [-0.3, -0.25) is 9.59 Å². The van der Waals surface area contributed by atoms with Crippen LogP contribution in [0.4, 0.5) is 5.69 Å². The zero-order valence-electron chi connectivity index (χ0n) is 16.1. The number of ether oxygens (including phenoxy) is 1. The van der Waals surface area contributed by atoms with Gasteiger partial charge >= 0.3 is 5.97 Å². The third-order valence-corrected chi connectivity index (χ3v) is 4.36. The summed E-state index contributed by atoms with van der Waals surface area (Å²) in [6.07, 6.45) is 0.741. The van der Waals surface area contributed by atoms with Gasteiger partial charge in [0.05, 0.1) is 5.39 Å². The van der Waals surface area contributed by atoms with Crippen LogP contribution in [-0.4, -0.2) is 38.6 Å². The Morgan fingerprint density at radius 1 is 1.07 bits per heavy atom. The number of anilines is 1. The molecule has 150 valence electrons. The fourth-order valence-corrected chi connectivity index (χ4v) is 2.81. The van der Waals surface area contributed by atoms with Gasteiger partial charge in [-0.2, -0.15) is 0 Å². The van der Waals surface area contributed by atoms with Crippen molar-refractivity contribution in [1.29, 1.82) is 0 Å². The summed E-state index contributed by atoms with van der Waals surface area (Å²) in [5, 5.41) is 3.08. The van der Waals surface area contributed by atoms with Crippen molar-refractivity contribution in [2.75, 3.05) is 31.6 Å². The van der Waals surface area contributed by atoms with Crippen molar-refractivity contribution >= 4 is 28.5 Å². The third-order valence-electron chi connectivity index (χ3n) is 4.36. The Labute approximate surface area is 167 Å². The van der Waals surface area contributed by atoms with Crippen molar-refractivity contribution in [3.63, 3.8) is 0 Å². The lowest BCUT2D eigenvalue weighted by atomic mass is 10.2. The van der Waals surface area contributed by atoms with Crippen molar-refractivity contribution in [2.24, 2.45) is 0 Å².